The Balaban J connectivity index is 2.53. The van der Waals surface area contributed by atoms with Crippen molar-refractivity contribution in [1.82, 2.24) is 4.98 Å². The molecule has 1 aromatic carbocycles. The minimum atomic E-state index is 1.00. The molecule has 0 bridgehead atoms. The SMILES string of the molecule is CN(C)c1ncccc1-c1ccccc1. The highest BCUT2D eigenvalue weighted by Gasteiger charge is 2.06. The molecular weight excluding hydrogens is 184 g/mol. The summed E-state index contributed by atoms with van der Waals surface area (Å²) in [6.07, 6.45) is 1.82. The van der Waals surface area contributed by atoms with E-state index in [9.17, 15) is 0 Å². The first-order chi connectivity index (χ1) is 7.29. The van der Waals surface area contributed by atoms with Crippen LogP contribution in [0, 0.1) is 0 Å². The van der Waals surface area contributed by atoms with E-state index in [4.69, 9.17) is 0 Å². The van der Waals surface area contributed by atoms with Gasteiger partial charge < -0.3 is 4.90 Å². The van der Waals surface area contributed by atoms with Crippen LogP contribution in [-0.2, 0) is 0 Å². The lowest BCUT2D eigenvalue weighted by Gasteiger charge is -2.15. The van der Waals surface area contributed by atoms with Gasteiger partial charge in [0.2, 0.25) is 0 Å². The average Bonchev–Trinajstić information content (AvgIpc) is 2.30. The van der Waals surface area contributed by atoms with E-state index < -0.39 is 0 Å². The molecule has 0 atom stereocenters. The first-order valence-corrected chi connectivity index (χ1v) is 4.97. The third-order valence-corrected chi connectivity index (χ3v) is 2.30. The van der Waals surface area contributed by atoms with Gasteiger partial charge in [0.1, 0.15) is 5.82 Å². The molecule has 0 N–H and O–H groups in total. The van der Waals surface area contributed by atoms with Gasteiger partial charge in [0, 0.05) is 25.9 Å². The zero-order chi connectivity index (χ0) is 10.7. The maximum atomic E-state index is 4.38. The highest BCUT2D eigenvalue weighted by molar-refractivity contribution is 5.75. The van der Waals surface area contributed by atoms with Crippen molar-refractivity contribution in [1.29, 1.82) is 0 Å². The first-order valence-electron chi connectivity index (χ1n) is 4.97. The number of nitrogens with zero attached hydrogens (tertiary/aromatic N) is 2. The molecule has 0 saturated heterocycles. The van der Waals surface area contributed by atoms with Gasteiger partial charge >= 0.3 is 0 Å². The summed E-state index contributed by atoms with van der Waals surface area (Å²) in [6, 6.07) is 14.4. The Morgan fingerprint density at radius 3 is 2.33 bits per heavy atom. The van der Waals surface area contributed by atoms with E-state index in [1.165, 1.54) is 11.1 Å². The molecule has 0 amide bonds. The van der Waals surface area contributed by atoms with E-state index in [0.717, 1.165) is 5.82 Å². The smallest absolute Gasteiger partial charge is 0.135 e. The number of anilines is 1. The molecule has 0 saturated carbocycles. The predicted molar refractivity (Wildman–Crippen MR) is 64.0 cm³/mol. The van der Waals surface area contributed by atoms with Crippen molar-refractivity contribution in [2.45, 2.75) is 0 Å². The second-order valence-corrected chi connectivity index (χ2v) is 3.64. The summed E-state index contributed by atoms with van der Waals surface area (Å²) in [4.78, 5) is 6.41. The molecule has 15 heavy (non-hydrogen) atoms. The minimum Gasteiger partial charge on any atom is -0.362 e. The number of hydrogen-bond donors (Lipinski definition) is 0. The molecule has 0 unspecified atom stereocenters. The topological polar surface area (TPSA) is 16.1 Å². The Hall–Kier alpha value is -1.83. The van der Waals surface area contributed by atoms with E-state index in [-0.39, 0.29) is 0 Å². The van der Waals surface area contributed by atoms with Gasteiger partial charge in [-0.3, -0.25) is 0 Å². The monoisotopic (exact) mass is 198 g/mol. The molecule has 0 aliphatic carbocycles. The van der Waals surface area contributed by atoms with Gasteiger partial charge in [-0.15, -0.1) is 0 Å². The predicted octanol–water partition coefficient (Wildman–Crippen LogP) is 2.81. The normalized spacial score (nSPS) is 10.0. The van der Waals surface area contributed by atoms with Crippen molar-refractivity contribution < 1.29 is 0 Å². The summed E-state index contributed by atoms with van der Waals surface area (Å²) in [5, 5.41) is 0. The molecule has 1 aromatic heterocycles. The summed E-state index contributed by atoms with van der Waals surface area (Å²) >= 11 is 0. The molecule has 2 heteroatoms. The van der Waals surface area contributed by atoms with Crippen LogP contribution in [0.2, 0.25) is 0 Å². The van der Waals surface area contributed by atoms with Crippen LogP contribution in [0.5, 0.6) is 0 Å². The van der Waals surface area contributed by atoms with E-state index >= 15 is 0 Å². The average molecular weight is 198 g/mol. The molecule has 2 aromatic rings. The van der Waals surface area contributed by atoms with E-state index in [1.54, 1.807) is 0 Å². The van der Waals surface area contributed by atoms with Gasteiger partial charge in [0.15, 0.2) is 0 Å². The van der Waals surface area contributed by atoms with Crippen LogP contribution in [-0.4, -0.2) is 19.1 Å². The van der Waals surface area contributed by atoms with Crippen molar-refractivity contribution >= 4 is 5.82 Å². The fourth-order valence-corrected chi connectivity index (χ4v) is 1.60. The molecule has 2 rings (SSSR count). The summed E-state index contributed by atoms with van der Waals surface area (Å²) in [6.45, 7) is 0. The lowest BCUT2D eigenvalue weighted by atomic mass is 10.1. The summed E-state index contributed by atoms with van der Waals surface area (Å²) in [7, 11) is 4.02. The quantitative estimate of drug-likeness (QED) is 0.737. The largest absolute Gasteiger partial charge is 0.362 e. The number of benzene rings is 1. The van der Waals surface area contributed by atoms with E-state index in [1.807, 2.05) is 49.5 Å². The fourth-order valence-electron chi connectivity index (χ4n) is 1.60. The molecule has 1 heterocycles. The zero-order valence-electron chi connectivity index (χ0n) is 9.01. The third-order valence-electron chi connectivity index (χ3n) is 2.30. The minimum absolute atomic E-state index is 1.00. The summed E-state index contributed by atoms with van der Waals surface area (Å²) < 4.78 is 0. The Morgan fingerprint density at radius 2 is 1.67 bits per heavy atom. The van der Waals surface area contributed by atoms with Crippen LogP contribution in [0.25, 0.3) is 11.1 Å². The van der Waals surface area contributed by atoms with E-state index in [2.05, 4.69) is 23.2 Å². The van der Waals surface area contributed by atoms with Crippen molar-refractivity contribution in [2.24, 2.45) is 0 Å². The molecule has 2 nitrogen and oxygen atoms in total. The van der Waals surface area contributed by atoms with Crippen LogP contribution >= 0.6 is 0 Å². The van der Waals surface area contributed by atoms with Gasteiger partial charge in [-0.05, 0) is 17.7 Å². The molecular formula is C13H14N2. The Morgan fingerprint density at radius 1 is 0.933 bits per heavy atom. The van der Waals surface area contributed by atoms with Gasteiger partial charge in [-0.1, -0.05) is 30.3 Å². The standard InChI is InChI=1S/C13H14N2/c1-15(2)13-12(9-6-10-14-13)11-7-4-3-5-8-11/h3-10H,1-2H3. The van der Waals surface area contributed by atoms with Crippen molar-refractivity contribution in [2.75, 3.05) is 19.0 Å². The van der Waals surface area contributed by atoms with Gasteiger partial charge in [-0.25, -0.2) is 4.98 Å². The molecule has 0 aliphatic heterocycles. The van der Waals surface area contributed by atoms with Crippen LogP contribution < -0.4 is 4.90 Å². The highest BCUT2D eigenvalue weighted by atomic mass is 15.1. The summed E-state index contributed by atoms with van der Waals surface area (Å²) in [5.41, 5.74) is 2.37. The molecule has 0 fully saturated rings. The van der Waals surface area contributed by atoms with E-state index in [0.29, 0.717) is 0 Å². The third kappa shape index (κ3) is 1.99. The second-order valence-electron chi connectivity index (χ2n) is 3.64. The Labute approximate surface area is 90.2 Å². The van der Waals surface area contributed by atoms with Crippen LogP contribution in [0.1, 0.15) is 0 Å². The number of aromatic nitrogens is 1. The summed E-state index contributed by atoms with van der Waals surface area (Å²) in [5.74, 6) is 1.00. The van der Waals surface area contributed by atoms with Crippen LogP contribution in [0.15, 0.2) is 48.7 Å². The van der Waals surface area contributed by atoms with Gasteiger partial charge in [0.05, 0.1) is 0 Å². The highest BCUT2D eigenvalue weighted by Crippen LogP contribution is 2.26. The maximum Gasteiger partial charge on any atom is 0.135 e. The second kappa shape index (κ2) is 4.13. The van der Waals surface area contributed by atoms with Crippen LogP contribution in [0.4, 0.5) is 5.82 Å². The molecule has 0 spiro atoms. The molecule has 0 radical (unpaired) electrons. The number of pyridine rings is 1. The van der Waals surface area contributed by atoms with Gasteiger partial charge in [0.25, 0.3) is 0 Å². The van der Waals surface area contributed by atoms with Gasteiger partial charge in [-0.2, -0.15) is 0 Å². The lowest BCUT2D eigenvalue weighted by Crippen LogP contribution is -2.11. The number of hydrogen-bond acceptors (Lipinski definition) is 2. The zero-order valence-corrected chi connectivity index (χ0v) is 9.01. The molecule has 0 aliphatic rings. The lowest BCUT2D eigenvalue weighted by molar-refractivity contribution is 1.07. The first kappa shape index (κ1) is 9.71. The van der Waals surface area contributed by atoms with Crippen molar-refractivity contribution in [3.63, 3.8) is 0 Å². The Kier molecular flexibility index (Phi) is 2.68. The van der Waals surface area contributed by atoms with Crippen molar-refractivity contribution in [3.8, 4) is 11.1 Å². The van der Waals surface area contributed by atoms with Crippen molar-refractivity contribution in [3.05, 3.63) is 48.7 Å². The fraction of sp³-hybridized carbons (Fsp3) is 0.154. The number of rotatable bonds is 2. The maximum absolute atomic E-state index is 4.38. The Bertz CT molecular complexity index is 435. The van der Waals surface area contributed by atoms with Crippen LogP contribution in [0.3, 0.4) is 0 Å². The molecule has 76 valence electrons.